The lowest BCUT2D eigenvalue weighted by molar-refractivity contribution is -0.385. The van der Waals surface area contributed by atoms with Crippen LogP contribution in [-0.4, -0.2) is 26.6 Å². The van der Waals surface area contributed by atoms with Crippen LogP contribution in [0.5, 0.6) is 5.75 Å². The molecular weight excluding hydrogens is 392 g/mol. The average molecular weight is 400 g/mol. The van der Waals surface area contributed by atoms with Crippen LogP contribution in [0.4, 0.5) is 5.69 Å². The lowest BCUT2D eigenvalue weighted by Gasteiger charge is -2.13. The molecule has 1 aromatic rings. The van der Waals surface area contributed by atoms with Crippen molar-refractivity contribution in [2.75, 3.05) is 6.54 Å². The number of thiocarbonyl (C=S) groups is 1. The second-order valence-electron chi connectivity index (χ2n) is 4.18. The Morgan fingerprint density at radius 2 is 2.18 bits per heavy atom. The van der Waals surface area contributed by atoms with Crippen molar-refractivity contribution in [2.45, 2.75) is 0 Å². The standard InChI is InChI=1S/C13H9BrN2O4S2/c1-2-3-15-12(18)10(22-13(15)21)5-7-4-8(16(19)20)6-9(14)11(7)17/h2,4-6,17H,1,3H2/p-1/b10-5+. The van der Waals surface area contributed by atoms with Gasteiger partial charge in [-0.05, 0) is 11.6 Å². The van der Waals surface area contributed by atoms with E-state index in [2.05, 4.69) is 22.5 Å². The molecule has 2 rings (SSSR count). The minimum absolute atomic E-state index is 0.0557. The number of nitrogens with zero attached hydrogens (tertiary/aromatic N) is 2. The molecule has 0 bridgehead atoms. The van der Waals surface area contributed by atoms with Crippen LogP contribution in [0.1, 0.15) is 5.56 Å². The smallest absolute Gasteiger partial charge is 0.271 e. The van der Waals surface area contributed by atoms with E-state index in [0.29, 0.717) is 4.32 Å². The second kappa shape index (κ2) is 6.59. The van der Waals surface area contributed by atoms with E-state index in [1.807, 2.05) is 0 Å². The van der Waals surface area contributed by atoms with Crippen molar-refractivity contribution >= 4 is 61.9 Å². The van der Waals surface area contributed by atoms with Gasteiger partial charge in [0, 0.05) is 23.2 Å². The number of amides is 1. The Balaban J connectivity index is 2.46. The first-order chi connectivity index (χ1) is 10.3. The predicted molar refractivity (Wildman–Crippen MR) is 90.3 cm³/mol. The SMILES string of the molecule is C=CCN1C(=O)/C(=C\c2cc([N+](=O)[O-])cc(Br)c2[O-])SC1=S. The second-order valence-corrected chi connectivity index (χ2v) is 6.71. The van der Waals surface area contributed by atoms with Crippen molar-refractivity contribution in [1.29, 1.82) is 0 Å². The molecule has 1 fully saturated rings. The number of non-ortho nitro benzene ring substituents is 1. The molecule has 9 heteroatoms. The van der Waals surface area contributed by atoms with Crippen LogP contribution in [-0.2, 0) is 4.79 Å². The topological polar surface area (TPSA) is 86.5 Å². The third-order valence-electron chi connectivity index (χ3n) is 2.74. The average Bonchev–Trinajstić information content (AvgIpc) is 2.71. The van der Waals surface area contributed by atoms with Gasteiger partial charge in [0.05, 0.1) is 9.83 Å². The molecule has 1 aliphatic rings. The number of hydrogen-bond donors (Lipinski definition) is 0. The zero-order chi connectivity index (χ0) is 16.4. The lowest BCUT2D eigenvalue weighted by Crippen LogP contribution is -2.27. The number of hydrogen-bond acceptors (Lipinski definition) is 6. The summed E-state index contributed by atoms with van der Waals surface area (Å²) in [7, 11) is 0. The van der Waals surface area contributed by atoms with E-state index in [-0.39, 0.29) is 33.1 Å². The predicted octanol–water partition coefficient (Wildman–Crippen LogP) is 2.82. The Morgan fingerprint density at radius 3 is 2.77 bits per heavy atom. The summed E-state index contributed by atoms with van der Waals surface area (Å²) in [6.45, 7) is 3.81. The van der Waals surface area contributed by atoms with Gasteiger partial charge in [-0.3, -0.25) is 19.8 Å². The van der Waals surface area contributed by atoms with Crippen molar-refractivity contribution in [3.8, 4) is 5.75 Å². The lowest BCUT2D eigenvalue weighted by atomic mass is 10.1. The molecular formula is C13H8BrN2O4S2-. The van der Waals surface area contributed by atoms with Crippen LogP contribution in [0, 0.1) is 10.1 Å². The summed E-state index contributed by atoms with van der Waals surface area (Å²) < 4.78 is 0.419. The van der Waals surface area contributed by atoms with Crippen molar-refractivity contribution < 1.29 is 14.8 Å². The van der Waals surface area contributed by atoms with Gasteiger partial charge in [0.25, 0.3) is 11.6 Å². The summed E-state index contributed by atoms with van der Waals surface area (Å²) in [4.78, 5) is 24.0. The molecule has 0 atom stereocenters. The summed E-state index contributed by atoms with van der Waals surface area (Å²) >= 11 is 9.12. The highest BCUT2D eigenvalue weighted by Crippen LogP contribution is 2.36. The number of carbonyl (C=O) groups excluding carboxylic acids is 1. The molecule has 1 amide bonds. The van der Waals surface area contributed by atoms with Crippen LogP contribution < -0.4 is 5.11 Å². The van der Waals surface area contributed by atoms with E-state index in [1.54, 1.807) is 0 Å². The molecule has 22 heavy (non-hydrogen) atoms. The van der Waals surface area contributed by atoms with Crippen molar-refractivity contribution in [2.24, 2.45) is 0 Å². The number of benzene rings is 1. The van der Waals surface area contributed by atoms with Gasteiger partial charge < -0.3 is 5.11 Å². The molecule has 0 aliphatic carbocycles. The number of thioether (sulfide) groups is 1. The van der Waals surface area contributed by atoms with Gasteiger partial charge in [0.15, 0.2) is 0 Å². The zero-order valence-corrected chi connectivity index (χ0v) is 14.2. The Hall–Kier alpha value is -1.71. The highest BCUT2D eigenvalue weighted by molar-refractivity contribution is 9.10. The molecule has 1 saturated heterocycles. The molecule has 0 N–H and O–H groups in total. The Labute approximate surface area is 143 Å². The number of nitro benzene ring substituents is 1. The van der Waals surface area contributed by atoms with Gasteiger partial charge >= 0.3 is 0 Å². The van der Waals surface area contributed by atoms with Crippen LogP contribution >= 0.6 is 39.9 Å². The fourth-order valence-electron chi connectivity index (χ4n) is 1.74. The zero-order valence-electron chi connectivity index (χ0n) is 10.9. The molecule has 0 saturated carbocycles. The van der Waals surface area contributed by atoms with Gasteiger partial charge in [-0.15, -0.1) is 6.58 Å². The molecule has 6 nitrogen and oxygen atoms in total. The van der Waals surface area contributed by atoms with Gasteiger partial charge in [0.1, 0.15) is 4.32 Å². The third-order valence-corrected chi connectivity index (χ3v) is 4.71. The first kappa shape index (κ1) is 16.7. The Kier molecular flexibility index (Phi) is 4.99. The van der Waals surface area contributed by atoms with Gasteiger partial charge in [0.2, 0.25) is 0 Å². The maximum Gasteiger partial charge on any atom is 0.271 e. The van der Waals surface area contributed by atoms with E-state index >= 15 is 0 Å². The molecule has 0 radical (unpaired) electrons. The fourth-order valence-corrected chi connectivity index (χ4v) is 3.47. The first-order valence-corrected chi connectivity index (χ1v) is 7.88. The van der Waals surface area contributed by atoms with E-state index in [9.17, 15) is 20.0 Å². The number of rotatable bonds is 4. The van der Waals surface area contributed by atoms with Crippen molar-refractivity contribution in [3.05, 3.63) is 49.8 Å². The van der Waals surface area contributed by atoms with E-state index < -0.39 is 10.7 Å². The quantitative estimate of drug-likeness (QED) is 0.254. The van der Waals surface area contributed by atoms with Gasteiger partial charge in [-0.2, -0.15) is 0 Å². The maximum absolute atomic E-state index is 12.2. The molecule has 114 valence electrons. The monoisotopic (exact) mass is 399 g/mol. The minimum Gasteiger partial charge on any atom is -0.871 e. The summed E-state index contributed by atoms with van der Waals surface area (Å²) in [6, 6.07) is 2.26. The number of halogens is 1. The van der Waals surface area contributed by atoms with Crippen LogP contribution in [0.15, 0.2) is 34.2 Å². The molecule has 1 aliphatic heterocycles. The van der Waals surface area contributed by atoms with Gasteiger partial charge in [-0.1, -0.05) is 51.7 Å². The van der Waals surface area contributed by atoms with Crippen LogP contribution in [0.3, 0.4) is 0 Å². The number of carbonyl (C=O) groups is 1. The molecule has 0 spiro atoms. The minimum atomic E-state index is -0.607. The van der Waals surface area contributed by atoms with Crippen LogP contribution in [0.25, 0.3) is 6.08 Å². The van der Waals surface area contributed by atoms with Crippen molar-refractivity contribution in [3.63, 3.8) is 0 Å². The highest BCUT2D eigenvalue weighted by Gasteiger charge is 2.31. The molecule has 1 aromatic carbocycles. The van der Waals surface area contributed by atoms with E-state index in [0.717, 1.165) is 23.9 Å². The Bertz CT molecular complexity index is 733. The summed E-state index contributed by atoms with van der Waals surface area (Å²) in [5.74, 6) is -0.781. The first-order valence-electron chi connectivity index (χ1n) is 5.86. The third kappa shape index (κ3) is 3.21. The molecule has 0 unspecified atom stereocenters. The highest BCUT2D eigenvalue weighted by atomic mass is 79.9. The molecule has 0 aromatic heterocycles. The maximum atomic E-state index is 12.2. The summed E-state index contributed by atoms with van der Waals surface area (Å²) in [5.41, 5.74) is -0.181. The summed E-state index contributed by atoms with van der Waals surface area (Å²) in [6.07, 6.45) is 2.86. The largest absolute Gasteiger partial charge is 0.871 e. The normalized spacial score (nSPS) is 16.4. The van der Waals surface area contributed by atoms with Crippen LogP contribution in [0.2, 0.25) is 0 Å². The fraction of sp³-hybridized carbons (Fsp3) is 0.0769. The summed E-state index contributed by atoms with van der Waals surface area (Å²) in [5, 5.41) is 22.9. The van der Waals surface area contributed by atoms with Gasteiger partial charge in [-0.25, -0.2) is 0 Å². The molecule has 1 heterocycles. The number of nitro groups is 1. The van der Waals surface area contributed by atoms with E-state index in [1.165, 1.54) is 17.1 Å². The van der Waals surface area contributed by atoms with E-state index in [4.69, 9.17) is 12.2 Å². The van der Waals surface area contributed by atoms with Crippen molar-refractivity contribution in [1.82, 2.24) is 4.90 Å². The Morgan fingerprint density at radius 1 is 1.50 bits per heavy atom.